The third-order valence-electron chi connectivity index (χ3n) is 2.96. The van der Waals surface area contributed by atoms with Crippen molar-refractivity contribution in [3.63, 3.8) is 0 Å². The Morgan fingerprint density at radius 2 is 2.10 bits per heavy atom. The second-order valence-electron chi connectivity index (χ2n) is 4.63. The maximum absolute atomic E-state index is 11.5. The average molecular weight is 286 g/mol. The molecule has 102 valence electrons. The van der Waals surface area contributed by atoms with Crippen LogP contribution in [-0.4, -0.2) is 16.9 Å². The van der Waals surface area contributed by atoms with E-state index in [9.17, 15) is 4.79 Å². The van der Waals surface area contributed by atoms with Gasteiger partial charge in [0.1, 0.15) is 0 Å². The van der Waals surface area contributed by atoms with Crippen molar-refractivity contribution in [1.82, 2.24) is 4.98 Å². The fraction of sp³-hybridized carbons (Fsp3) is 0.214. The maximum atomic E-state index is 11.5. The summed E-state index contributed by atoms with van der Waals surface area (Å²) in [7, 11) is 0. The Kier molecular flexibility index (Phi) is 3.47. The van der Waals surface area contributed by atoms with Crippen LogP contribution in [0.1, 0.15) is 12.8 Å². The average Bonchev–Trinajstić information content (AvgIpc) is 3.21. The predicted octanol–water partition coefficient (Wildman–Crippen LogP) is 2.47. The molecule has 1 amide bonds. The molecule has 3 rings (SSSR count). The second-order valence-corrected chi connectivity index (χ2v) is 5.66. The van der Waals surface area contributed by atoms with Crippen LogP contribution in [0, 0.1) is 5.92 Å². The first kappa shape index (κ1) is 12.8. The van der Waals surface area contributed by atoms with Gasteiger partial charge in [0.05, 0.1) is 4.88 Å². The number of aromatic nitrogens is 1. The second kappa shape index (κ2) is 5.42. The molecule has 0 radical (unpaired) electrons. The molecule has 1 aromatic heterocycles. The van der Waals surface area contributed by atoms with E-state index in [4.69, 9.17) is 5.73 Å². The summed E-state index contributed by atoms with van der Waals surface area (Å²) in [5, 5.41) is 3.49. The van der Waals surface area contributed by atoms with Gasteiger partial charge in [-0.15, -0.1) is 0 Å². The number of thiazole rings is 1. The van der Waals surface area contributed by atoms with Crippen LogP contribution < -0.4 is 11.1 Å². The van der Waals surface area contributed by atoms with Gasteiger partial charge in [0.15, 0.2) is 5.13 Å². The molecule has 0 spiro atoms. The fourth-order valence-corrected chi connectivity index (χ4v) is 2.57. The first-order chi connectivity index (χ1) is 9.72. The molecule has 1 heterocycles. The fourth-order valence-electron chi connectivity index (χ4n) is 1.75. The summed E-state index contributed by atoms with van der Waals surface area (Å²) in [5.74, 6) is 0.0391. The van der Waals surface area contributed by atoms with E-state index in [-0.39, 0.29) is 17.8 Å². The van der Waals surface area contributed by atoms with Crippen LogP contribution in [0.5, 0.6) is 0 Å². The minimum absolute atomic E-state index is 0.0755. The molecule has 0 saturated heterocycles. The molecule has 0 aliphatic heterocycles. The van der Waals surface area contributed by atoms with Crippen molar-refractivity contribution in [1.29, 1.82) is 0 Å². The van der Waals surface area contributed by atoms with E-state index in [1.54, 1.807) is 6.20 Å². The molecule has 5 nitrogen and oxygen atoms in total. The van der Waals surface area contributed by atoms with Gasteiger partial charge in [-0.05, 0) is 18.4 Å². The number of rotatable bonds is 3. The van der Waals surface area contributed by atoms with Crippen LogP contribution in [-0.2, 0) is 4.79 Å². The summed E-state index contributed by atoms with van der Waals surface area (Å²) < 4.78 is 0. The zero-order valence-electron chi connectivity index (χ0n) is 10.7. The number of guanidine groups is 1. The highest BCUT2D eigenvalue weighted by molar-refractivity contribution is 7.19. The number of nitrogens with one attached hydrogen (secondary N) is 1. The van der Waals surface area contributed by atoms with Gasteiger partial charge in [-0.1, -0.05) is 41.7 Å². The van der Waals surface area contributed by atoms with Crippen molar-refractivity contribution >= 4 is 28.3 Å². The third kappa shape index (κ3) is 3.03. The molecule has 0 unspecified atom stereocenters. The van der Waals surface area contributed by atoms with Gasteiger partial charge in [-0.25, -0.2) is 4.98 Å². The van der Waals surface area contributed by atoms with E-state index in [2.05, 4.69) is 15.3 Å². The molecule has 1 aromatic carbocycles. The monoisotopic (exact) mass is 286 g/mol. The lowest BCUT2D eigenvalue weighted by atomic mass is 10.2. The first-order valence-electron chi connectivity index (χ1n) is 6.38. The Labute approximate surface area is 120 Å². The molecular weight excluding hydrogens is 272 g/mol. The lowest BCUT2D eigenvalue weighted by Gasteiger charge is -2.00. The first-order valence-corrected chi connectivity index (χ1v) is 7.20. The molecular formula is C14H14N4OS. The van der Waals surface area contributed by atoms with Gasteiger partial charge in [0, 0.05) is 12.1 Å². The summed E-state index contributed by atoms with van der Waals surface area (Å²) in [5.41, 5.74) is 6.80. The summed E-state index contributed by atoms with van der Waals surface area (Å²) >= 11 is 1.47. The maximum Gasteiger partial charge on any atom is 0.251 e. The standard InChI is InChI=1S/C14H14N4OS/c15-13(17-12(19)10-6-7-10)18-14-16-8-11(20-14)9-4-2-1-3-5-9/h1-5,8,10H,6-7H2,(H3,15,16,17,18,19). The molecule has 1 aliphatic carbocycles. The molecule has 1 fully saturated rings. The zero-order chi connectivity index (χ0) is 13.9. The number of nitrogens with zero attached hydrogens (tertiary/aromatic N) is 2. The Bertz CT molecular complexity index is 646. The molecule has 0 bridgehead atoms. The number of amides is 1. The number of benzene rings is 1. The molecule has 3 N–H and O–H groups in total. The highest BCUT2D eigenvalue weighted by atomic mass is 32.1. The zero-order valence-corrected chi connectivity index (χ0v) is 11.6. The van der Waals surface area contributed by atoms with Crippen molar-refractivity contribution < 1.29 is 4.79 Å². The van der Waals surface area contributed by atoms with Gasteiger partial charge in [-0.2, -0.15) is 4.99 Å². The quantitative estimate of drug-likeness (QED) is 0.671. The van der Waals surface area contributed by atoms with E-state index >= 15 is 0 Å². The Morgan fingerprint density at radius 1 is 1.35 bits per heavy atom. The number of hydrogen-bond acceptors (Lipinski definition) is 3. The number of hydrogen-bond donors (Lipinski definition) is 2. The number of carbonyl (C=O) groups excluding carboxylic acids is 1. The summed E-state index contributed by atoms with van der Waals surface area (Å²) in [6, 6.07) is 9.97. The highest BCUT2D eigenvalue weighted by Gasteiger charge is 2.29. The van der Waals surface area contributed by atoms with Gasteiger partial charge < -0.3 is 11.1 Å². The Balaban J connectivity index is 1.69. The molecule has 1 saturated carbocycles. The SMILES string of the molecule is N/C(=N\C(=O)C1CC1)Nc1ncc(-c2ccccc2)s1. The lowest BCUT2D eigenvalue weighted by molar-refractivity contribution is -0.118. The van der Waals surface area contributed by atoms with Crippen molar-refractivity contribution in [3.8, 4) is 10.4 Å². The molecule has 20 heavy (non-hydrogen) atoms. The highest BCUT2D eigenvalue weighted by Crippen LogP contribution is 2.30. The Morgan fingerprint density at radius 3 is 2.80 bits per heavy atom. The van der Waals surface area contributed by atoms with Crippen LogP contribution in [0.3, 0.4) is 0 Å². The number of nitrogens with two attached hydrogens (primary N) is 1. The lowest BCUT2D eigenvalue weighted by Crippen LogP contribution is -2.24. The van der Waals surface area contributed by atoms with E-state index in [0.717, 1.165) is 23.3 Å². The summed E-state index contributed by atoms with van der Waals surface area (Å²) in [4.78, 5) is 20.6. The summed E-state index contributed by atoms with van der Waals surface area (Å²) in [6.45, 7) is 0. The van der Waals surface area contributed by atoms with Crippen molar-refractivity contribution in [3.05, 3.63) is 36.5 Å². The minimum Gasteiger partial charge on any atom is -0.369 e. The summed E-state index contributed by atoms with van der Waals surface area (Å²) in [6.07, 6.45) is 3.62. The van der Waals surface area contributed by atoms with Gasteiger partial charge in [-0.3, -0.25) is 4.79 Å². The molecule has 1 aliphatic rings. The molecule has 6 heteroatoms. The topological polar surface area (TPSA) is 80.4 Å². The van der Waals surface area contributed by atoms with Crippen LogP contribution in [0.2, 0.25) is 0 Å². The normalized spacial score (nSPS) is 15.1. The van der Waals surface area contributed by atoms with Crippen molar-refractivity contribution in [2.45, 2.75) is 12.8 Å². The van der Waals surface area contributed by atoms with E-state index in [1.807, 2.05) is 30.3 Å². The van der Waals surface area contributed by atoms with E-state index in [1.165, 1.54) is 11.3 Å². The van der Waals surface area contributed by atoms with Crippen molar-refractivity contribution in [2.24, 2.45) is 16.6 Å². The predicted molar refractivity (Wildman–Crippen MR) is 80.5 cm³/mol. The van der Waals surface area contributed by atoms with E-state index < -0.39 is 0 Å². The molecule has 2 aromatic rings. The molecule has 0 atom stereocenters. The van der Waals surface area contributed by atoms with Crippen molar-refractivity contribution in [2.75, 3.05) is 5.32 Å². The third-order valence-corrected chi connectivity index (χ3v) is 3.92. The number of anilines is 1. The van der Waals surface area contributed by atoms with Crippen LogP contribution in [0.25, 0.3) is 10.4 Å². The number of carbonyl (C=O) groups is 1. The van der Waals surface area contributed by atoms with E-state index in [0.29, 0.717) is 5.13 Å². The van der Waals surface area contributed by atoms with Gasteiger partial charge >= 0.3 is 0 Å². The van der Waals surface area contributed by atoms with Crippen LogP contribution in [0.4, 0.5) is 5.13 Å². The smallest absolute Gasteiger partial charge is 0.251 e. The van der Waals surface area contributed by atoms with Crippen LogP contribution in [0.15, 0.2) is 41.5 Å². The number of aliphatic imine (C=N–C) groups is 1. The minimum atomic E-state index is -0.144. The van der Waals surface area contributed by atoms with Gasteiger partial charge in [0.2, 0.25) is 5.96 Å². The Hall–Kier alpha value is -2.21. The van der Waals surface area contributed by atoms with Gasteiger partial charge in [0.25, 0.3) is 5.91 Å². The van der Waals surface area contributed by atoms with Crippen LogP contribution >= 0.6 is 11.3 Å². The largest absolute Gasteiger partial charge is 0.369 e.